The van der Waals surface area contributed by atoms with Crippen LogP contribution in [0.15, 0.2) is 16.6 Å². The molecule has 0 aliphatic heterocycles. The van der Waals surface area contributed by atoms with E-state index in [1.165, 1.54) is 25.3 Å². The van der Waals surface area contributed by atoms with E-state index in [4.69, 9.17) is 11.6 Å². The molecule has 1 aromatic rings. The lowest BCUT2D eigenvalue weighted by molar-refractivity contribution is 0.0691. The maximum atomic E-state index is 14.0. The zero-order valence-electron chi connectivity index (χ0n) is 12.4. The smallest absolute Gasteiger partial charge is 0.130 e. The van der Waals surface area contributed by atoms with Crippen molar-refractivity contribution in [2.45, 2.75) is 58.0 Å². The lowest BCUT2D eigenvalue weighted by Crippen LogP contribution is -2.21. The highest BCUT2D eigenvalue weighted by Gasteiger charge is 2.29. The number of benzene rings is 1. The van der Waals surface area contributed by atoms with Gasteiger partial charge in [-0.25, -0.2) is 4.39 Å². The summed E-state index contributed by atoms with van der Waals surface area (Å²) in [6, 6.07) is 2.89. The molecule has 1 saturated carbocycles. The molecule has 1 unspecified atom stereocenters. The van der Waals surface area contributed by atoms with E-state index in [0.717, 1.165) is 31.6 Å². The Labute approximate surface area is 140 Å². The summed E-state index contributed by atoms with van der Waals surface area (Å²) < 4.78 is 14.6. The van der Waals surface area contributed by atoms with E-state index in [-0.39, 0.29) is 11.7 Å². The highest BCUT2D eigenvalue weighted by molar-refractivity contribution is 9.10. The summed E-state index contributed by atoms with van der Waals surface area (Å²) >= 11 is 9.23. The molecule has 0 saturated heterocycles. The molecule has 0 aromatic heterocycles. The zero-order chi connectivity index (χ0) is 15.4. The minimum Gasteiger partial charge on any atom is -0.388 e. The van der Waals surface area contributed by atoms with Gasteiger partial charge in [0.05, 0.1) is 11.1 Å². The fourth-order valence-electron chi connectivity index (χ4n) is 3.30. The molecular formula is C17H23BrClFO. The SMILES string of the molecule is CCCCC1CCC(C(O)c2cc(Cl)c(Br)cc2F)CC1. The third-order valence-electron chi connectivity index (χ3n) is 4.66. The highest BCUT2D eigenvalue weighted by Crippen LogP contribution is 2.40. The predicted octanol–water partition coefficient (Wildman–Crippen LogP) is 6.27. The predicted molar refractivity (Wildman–Crippen MR) is 89.0 cm³/mol. The van der Waals surface area contributed by atoms with Gasteiger partial charge in [0.2, 0.25) is 0 Å². The van der Waals surface area contributed by atoms with Crippen LogP contribution < -0.4 is 0 Å². The van der Waals surface area contributed by atoms with Crippen LogP contribution in [-0.2, 0) is 0 Å². The van der Waals surface area contributed by atoms with Crippen LogP contribution in [0.25, 0.3) is 0 Å². The quantitative estimate of drug-likeness (QED) is 0.599. The van der Waals surface area contributed by atoms with Crippen molar-refractivity contribution < 1.29 is 9.50 Å². The lowest BCUT2D eigenvalue weighted by Gasteiger charge is -2.32. The second kappa shape index (κ2) is 7.94. The number of unbranched alkanes of at least 4 members (excludes halogenated alkanes) is 1. The van der Waals surface area contributed by atoms with Gasteiger partial charge < -0.3 is 5.11 Å². The van der Waals surface area contributed by atoms with Crippen molar-refractivity contribution in [3.8, 4) is 0 Å². The summed E-state index contributed by atoms with van der Waals surface area (Å²) in [4.78, 5) is 0. The Kier molecular flexibility index (Phi) is 6.51. The van der Waals surface area contributed by atoms with Crippen LogP contribution in [0.1, 0.15) is 63.5 Å². The summed E-state index contributed by atoms with van der Waals surface area (Å²) in [6.07, 6.45) is 7.31. The fraction of sp³-hybridized carbons (Fsp3) is 0.647. The van der Waals surface area contributed by atoms with E-state index in [0.29, 0.717) is 15.1 Å². The van der Waals surface area contributed by atoms with Crippen molar-refractivity contribution in [3.05, 3.63) is 33.0 Å². The first kappa shape index (κ1) is 17.2. The fourth-order valence-corrected chi connectivity index (χ4v) is 3.79. The molecule has 0 radical (unpaired) electrons. The molecule has 1 N–H and O–H groups in total. The maximum Gasteiger partial charge on any atom is 0.130 e. The Morgan fingerprint density at radius 3 is 2.62 bits per heavy atom. The van der Waals surface area contributed by atoms with Crippen LogP contribution in [-0.4, -0.2) is 5.11 Å². The summed E-state index contributed by atoms with van der Waals surface area (Å²) in [5, 5.41) is 10.9. The lowest BCUT2D eigenvalue weighted by atomic mass is 9.76. The van der Waals surface area contributed by atoms with Crippen LogP contribution in [0.2, 0.25) is 5.02 Å². The molecule has 1 aromatic carbocycles. The first-order chi connectivity index (χ1) is 10.0. The monoisotopic (exact) mass is 376 g/mol. The summed E-state index contributed by atoms with van der Waals surface area (Å²) in [6.45, 7) is 2.22. The van der Waals surface area contributed by atoms with Gasteiger partial charge >= 0.3 is 0 Å². The first-order valence-electron chi connectivity index (χ1n) is 7.85. The normalized spacial score (nSPS) is 24.0. The van der Waals surface area contributed by atoms with Gasteiger partial charge in [0.1, 0.15) is 5.82 Å². The molecular weight excluding hydrogens is 355 g/mol. The molecule has 1 atom stereocenters. The average Bonchev–Trinajstić information content (AvgIpc) is 2.48. The minimum absolute atomic E-state index is 0.148. The van der Waals surface area contributed by atoms with Gasteiger partial charge in [-0.05, 0) is 52.7 Å². The van der Waals surface area contributed by atoms with E-state index < -0.39 is 6.10 Å². The van der Waals surface area contributed by atoms with E-state index in [9.17, 15) is 9.50 Å². The Bertz CT molecular complexity index is 472. The molecule has 0 spiro atoms. The van der Waals surface area contributed by atoms with E-state index in [1.807, 2.05) is 0 Å². The van der Waals surface area contributed by atoms with Crippen molar-refractivity contribution >= 4 is 27.5 Å². The molecule has 1 aliphatic rings. The van der Waals surface area contributed by atoms with Gasteiger partial charge in [0.15, 0.2) is 0 Å². The summed E-state index contributed by atoms with van der Waals surface area (Å²) in [5.74, 6) is 0.549. The van der Waals surface area contributed by atoms with E-state index >= 15 is 0 Å². The van der Waals surface area contributed by atoms with Crippen molar-refractivity contribution in [1.29, 1.82) is 0 Å². The minimum atomic E-state index is -0.747. The van der Waals surface area contributed by atoms with Crippen molar-refractivity contribution in [3.63, 3.8) is 0 Å². The summed E-state index contributed by atoms with van der Waals surface area (Å²) in [5.41, 5.74) is 0.334. The highest BCUT2D eigenvalue weighted by atomic mass is 79.9. The molecule has 21 heavy (non-hydrogen) atoms. The molecule has 0 heterocycles. The third kappa shape index (κ3) is 4.43. The van der Waals surface area contributed by atoms with Crippen LogP contribution in [0.4, 0.5) is 4.39 Å². The van der Waals surface area contributed by atoms with Crippen LogP contribution in [0, 0.1) is 17.7 Å². The van der Waals surface area contributed by atoms with Gasteiger partial charge in [-0.3, -0.25) is 0 Å². The Hall–Kier alpha value is -0.120. The molecule has 2 rings (SSSR count). The number of aliphatic hydroxyl groups excluding tert-OH is 1. The zero-order valence-corrected chi connectivity index (χ0v) is 14.8. The van der Waals surface area contributed by atoms with Gasteiger partial charge in [-0.15, -0.1) is 0 Å². The molecule has 1 nitrogen and oxygen atoms in total. The number of hydrogen-bond donors (Lipinski definition) is 1. The van der Waals surface area contributed by atoms with Gasteiger partial charge in [-0.1, -0.05) is 50.6 Å². The Morgan fingerprint density at radius 1 is 1.33 bits per heavy atom. The number of aliphatic hydroxyl groups is 1. The number of rotatable bonds is 5. The van der Waals surface area contributed by atoms with Gasteiger partial charge in [0.25, 0.3) is 0 Å². The first-order valence-corrected chi connectivity index (χ1v) is 9.02. The Morgan fingerprint density at radius 2 is 2.00 bits per heavy atom. The topological polar surface area (TPSA) is 20.2 Å². The van der Waals surface area contributed by atoms with E-state index in [2.05, 4.69) is 22.9 Å². The molecule has 0 amide bonds. The number of halogens is 3. The Balaban J connectivity index is 1.99. The maximum absolute atomic E-state index is 14.0. The average molecular weight is 378 g/mol. The van der Waals surface area contributed by atoms with Crippen molar-refractivity contribution in [2.75, 3.05) is 0 Å². The number of hydrogen-bond acceptors (Lipinski definition) is 1. The molecule has 118 valence electrons. The van der Waals surface area contributed by atoms with Crippen molar-refractivity contribution in [1.82, 2.24) is 0 Å². The van der Waals surface area contributed by atoms with Crippen LogP contribution in [0.3, 0.4) is 0 Å². The standard InChI is InChI=1S/C17H23BrClFO/c1-2-3-4-11-5-7-12(8-6-11)17(21)13-9-15(19)14(18)10-16(13)20/h9-12,17,21H,2-8H2,1H3. The third-order valence-corrected chi connectivity index (χ3v) is 5.86. The van der Waals surface area contributed by atoms with E-state index in [1.54, 1.807) is 6.07 Å². The molecule has 1 fully saturated rings. The summed E-state index contributed by atoms with van der Waals surface area (Å²) in [7, 11) is 0. The van der Waals surface area contributed by atoms with Crippen LogP contribution >= 0.6 is 27.5 Å². The van der Waals surface area contributed by atoms with Crippen molar-refractivity contribution in [2.24, 2.45) is 11.8 Å². The van der Waals surface area contributed by atoms with Crippen LogP contribution in [0.5, 0.6) is 0 Å². The molecule has 4 heteroatoms. The van der Waals surface area contributed by atoms with Gasteiger partial charge in [-0.2, -0.15) is 0 Å². The molecule has 0 bridgehead atoms. The largest absolute Gasteiger partial charge is 0.388 e. The van der Waals surface area contributed by atoms with Gasteiger partial charge in [0, 0.05) is 10.0 Å². The second-order valence-corrected chi connectivity index (χ2v) is 7.42. The molecule has 1 aliphatic carbocycles. The second-order valence-electron chi connectivity index (χ2n) is 6.16.